The molecule has 0 saturated carbocycles. The number of nitro benzene ring substituents is 1. The lowest BCUT2D eigenvalue weighted by Gasteiger charge is -2.01. The Balaban J connectivity index is 3.43. The molecule has 0 atom stereocenters. The molecule has 70 valence electrons. The molecule has 0 radical (unpaired) electrons. The highest BCUT2D eigenvalue weighted by Crippen LogP contribution is 2.30. The van der Waals surface area contributed by atoms with Crippen LogP contribution in [0.15, 0.2) is 16.6 Å². The molecule has 1 aromatic carbocycles. The van der Waals surface area contributed by atoms with Crippen LogP contribution < -0.4 is 0 Å². The molecule has 0 aliphatic carbocycles. The van der Waals surface area contributed by atoms with Crippen molar-refractivity contribution in [1.29, 1.82) is 0 Å². The van der Waals surface area contributed by atoms with Gasteiger partial charge in [-0.1, -0.05) is 15.9 Å². The monoisotopic (exact) mass is 267 g/mol. The predicted molar refractivity (Wildman–Crippen MR) is 50.3 cm³/mol. The van der Waals surface area contributed by atoms with E-state index < -0.39 is 16.4 Å². The van der Waals surface area contributed by atoms with E-state index >= 15 is 0 Å². The van der Waals surface area contributed by atoms with Crippen molar-refractivity contribution in [2.75, 3.05) is 0 Å². The lowest BCUT2D eigenvalue weighted by Crippen LogP contribution is -1.98. The van der Waals surface area contributed by atoms with Crippen molar-refractivity contribution >= 4 is 33.2 Å². The van der Waals surface area contributed by atoms with Crippen LogP contribution in [0.3, 0.4) is 0 Å². The van der Waals surface area contributed by atoms with Crippen molar-refractivity contribution < 1.29 is 9.31 Å². The van der Waals surface area contributed by atoms with Gasteiger partial charge in [-0.15, -0.1) is 11.6 Å². The van der Waals surface area contributed by atoms with Gasteiger partial charge in [-0.2, -0.15) is 4.39 Å². The summed E-state index contributed by atoms with van der Waals surface area (Å²) < 4.78 is 13.4. The summed E-state index contributed by atoms with van der Waals surface area (Å²) in [6, 6.07) is 2.41. The predicted octanol–water partition coefficient (Wildman–Crippen LogP) is 3.24. The first-order chi connectivity index (χ1) is 6.07. The topological polar surface area (TPSA) is 43.1 Å². The largest absolute Gasteiger partial charge is 0.310 e. The molecule has 0 N–H and O–H groups in total. The molecular weight excluding hydrogens is 264 g/mol. The van der Waals surface area contributed by atoms with E-state index in [-0.39, 0.29) is 11.4 Å². The van der Waals surface area contributed by atoms with Gasteiger partial charge in [-0.25, -0.2) is 0 Å². The van der Waals surface area contributed by atoms with Gasteiger partial charge in [0.25, 0.3) is 0 Å². The summed E-state index contributed by atoms with van der Waals surface area (Å²) in [7, 11) is 0. The number of nitro groups is 1. The minimum atomic E-state index is -0.871. The number of hydrogen-bond donors (Lipinski definition) is 0. The average Bonchev–Trinajstić information content (AvgIpc) is 2.07. The number of hydrogen-bond acceptors (Lipinski definition) is 2. The summed E-state index contributed by atoms with van der Waals surface area (Å²) in [4.78, 5) is 9.66. The summed E-state index contributed by atoms with van der Waals surface area (Å²) >= 11 is 8.51. The van der Waals surface area contributed by atoms with Gasteiger partial charge in [0.1, 0.15) is 0 Å². The van der Waals surface area contributed by atoms with Gasteiger partial charge >= 0.3 is 5.69 Å². The average molecular weight is 268 g/mol. The van der Waals surface area contributed by atoms with Crippen LogP contribution in [0.1, 0.15) is 5.56 Å². The summed E-state index contributed by atoms with van der Waals surface area (Å²) in [5.41, 5.74) is -0.406. The SMILES string of the molecule is O=[N+]([O-])c1c(F)ccc(Br)c1CCl. The molecule has 0 saturated heterocycles. The standard InChI is InChI=1S/C7H4BrClFNO2/c8-5-1-2-6(10)7(11(12)13)4(5)3-9/h1-2H,3H2. The summed E-state index contributed by atoms with van der Waals surface area (Å²) in [5.74, 6) is -0.974. The number of nitrogens with zero attached hydrogens (tertiary/aromatic N) is 1. The molecular formula is C7H4BrClFNO2. The summed E-state index contributed by atoms with van der Waals surface area (Å²) in [6.07, 6.45) is 0. The van der Waals surface area contributed by atoms with Gasteiger partial charge in [0.15, 0.2) is 0 Å². The molecule has 0 unspecified atom stereocenters. The fraction of sp³-hybridized carbons (Fsp3) is 0.143. The van der Waals surface area contributed by atoms with Gasteiger partial charge in [-0.05, 0) is 12.1 Å². The van der Waals surface area contributed by atoms with Crippen LogP contribution >= 0.6 is 27.5 Å². The molecule has 0 bridgehead atoms. The minimum Gasteiger partial charge on any atom is -0.258 e. The zero-order valence-electron chi connectivity index (χ0n) is 6.26. The molecule has 6 heteroatoms. The van der Waals surface area contributed by atoms with Crippen LogP contribution in [-0.2, 0) is 5.88 Å². The Kier molecular flexibility index (Phi) is 3.22. The smallest absolute Gasteiger partial charge is 0.258 e. The lowest BCUT2D eigenvalue weighted by molar-refractivity contribution is -0.388. The first-order valence-electron chi connectivity index (χ1n) is 3.25. The van der Waals surface area contributed by atoms with Crippen molar-refractivity contribution in [2.24, 2.45) is 0 Å². The third-order valence-corrected chi connectivity index (χ3v) is 2.50. The molecule has 0 aliphatic heterocycles. The van der Waals surface area contributed by atoms with E-state index in [4.69, 9.17) is 11.6 Å². The van der Waals surface area contributed by atoms with E-state index in [2.05, 4.69) is 15.9 Å². The highest BCUT2D eigenvalue weighted by molar-refractivity contribution is 9.10. The molecule has 0 fully saturated rings. The highest BCUT2D eigenvalue weighted by Gasteiger charge is 2.21. The second-order valence-electron chi connectivity index (χ2n) is 2.25. The minimum absolute atomic E-state index is 0.103. The van der Waals surface area contributed by atoms with E-state index in [1.54, 1.807) is 0 Å². The molecule has 0 aromatic heterocycles. The maximum absolute atomic E-state index is 12.9. The molecule has 13 heavy (non-hydrogen) atoms. The zero-order valence-corrected chi connectivity index (χ0v) is 8.60. The van der Waals surface area contributed by atoms with Crippen molar-refractivity contribution in [2.45, 2.75) is 5.88 Å². The van der Waals surface area contributed by atoms with E-state index in [9.17, 15) is 14.5 Å². The van der Waals surface area contributed by atoms with Gasteiger partial charge in [-0.3, -0.25) is 10.1 Å². The Hall–Kier alpha value is -0.680. The van der Waals surface area contributed by atoms with Crippen molar-refractivity contribution in [3.8, 4) is 0 Å². The number of alkyl halides is 1. The Morgan fingerprint density at radius 3 is 2.62 bits per heavy atom. The summed E-state index contributed by atoms with van der Waals surface area (Å²) in [6.45, 7) is 0. The third-order valence-electron chi connectivity index (χ3n) is 1.49. The van der Waals surface area contributed by atoms with Crippen LogP contribution in [0, 0.1) is 15.9 Å². The molecule has 1 aromatic rings. The number of benzene rings is 1. The number of rotatable bonds is 2. The second kappa shape index (κ2) is 4.02. The first-order valence-corrected chi connectivity index (χ1v) is 4.58. The fourth-order valence-electron chi connectivity index (χ4n) is 0.908. The van der Waals surface area contributed by atoms with Gasteiger partial charge in [0.05, 0.1) is 16.4 Å². The normalized spacial score (nSPS) is 10.1. The van der Waals surface area contributed by atoms with Crippen LogP contribution in [0.5, 0.6) is 0 Å². The second-order valence-corrected chi connectivity index (χ2v) is 3.37. The van der Waals surface area contributed by atoms with Crippen molar-refractivity contribution in [3.63, 3.8) is 0 Å². The Bertz CT molecular complexity index is 359. The van der Waals surface area contributed by atoms with Crippen molar-refractivity contribution in [3.05, 3.63) is 38.1 Å². The Morgan fingerprint density at radius 1 is 1.62 bits per heavy atom. The van der Waals surface area contributed by atoms with Crippen LogP contribution in [0.25, 0.3) is 0 Å². The maximum Gasteiger partial charge on any atom is 0.310 e. The molecule has 0 heterocycles. The number of halogens is 3. The maximum atomic E-state index is 12.9. The van der Waals surface area contributed by atoms with Crippen LogP contribution in [0.2, 0.25) is 0 Å². The fourth-order valence-corrected chi connectivity index (χ4v) is 1.80. The van der Waals surface area contributed by atoms with Crippen LogP contribution in [-0.4, -0.2) is 4.92 Å². The highest BCUT2D eigenvalue weighted by atomic mass is 79.9. The van der Waals surface area contributed by atoms with E-state index in [0.717, 1.165) is 6.07 Å². The van der Waals surface area contributed by atoms with E-state index in [1.807, 2.05) is 0 Å². The van der Waals surface area contributed by atoms with Gasteiger partial charge in [0.2, 0.25) is 5.82 Å². The molecule has 0 aliphatic rings. The molecule has 3 nitrogen and oxygen atoms in total. The van der Waals surface area contributed by atoms with Crippen molar-refractivity contribution in [1.82, 2.24) is 0 Å². The molecule has 0 amide bonds. The quantitative estimate of drug-likeness (QED) is 0.469. The molecule has 0 spiro atoms. The van der Waals surface area contributed by atoms with Gasteiger partial charge in [0, 0.05) is 4.47 Å². The zero-order chi connectivity index (χ0) is 10.0. The van der Waals surface area contributed by atoms with E-state index in [0.29, 0.717) is 4.47 Å². The molecule has 1 rings (SSSR count). The lowest BCUT2D eigenvalue weighted by atomic mass is 10.2. The van der Waals surface area contributed by atoms with E-state index in [1.165, 1.54) is 6.07 Å². The summed E-state index contributed by atoms with van der Waals surface area (Å²) in [5, 5.41) is 10.4. The first kappa shape index (κ1) is 10.4. The third kappa shape index (κ3) is 1.97. The Morgan fingerprint density at radius 2 is 2.23 bits per heavy atom. The van der Waals surface area contributed by atoms with Gasteiger partial charge < -0.3 is 0 Å². The Labute approximate surface area is 86.8 Å². The van der Waals surface area contributed by atoms with Crippen LogP contribution in [0.4, 0.5) is 10.1 Å².